The van der Waals surface area contributed by atoms with E-state index in [0.29, 0.717) is 12.1 Å². The molecule has 2 heterocycles. The van der Waals surface area contributed by atoms with Crippen molar-refractivity contribution < 1.29 is 4.74 Å². The van der Waals surface area contributed by atoms with Crippen LogP contribution in [0.1, 0.15) is 24.0 Å². The lowest BCUT2D eigenvalue weighted by molar-refractivity contribution is -0.0810. The van der Waals surface area contributed by atoms with Crippen molar-refractivity contribution >= 4 is 0 Å². The second kappa shape index (κ2) is 8.13. The van der Waals surface area contributed by atoms with E-state index in [4.69, 9.17) is 4.74 Å². The molecule has 25 heavy (non-hydrogen) atoms. The number of rotatable bonds is 6. The van der Waals surface area contributed by atoms with Gasteiger partial charge in [-0.15, -0.1) is 0 Å². The largest absolute Gasteiger partial charge is 0.378 e. The predicted octanol–water partition coefficient (Wildman–Crippen LogP) is 3.55. The number of hydrogen-bond donors (Lipinski definition) is 0. The Hall–Kier alpha value is -1.68. The van der Waals surface area contributed by atoms with E-state index in [2.05, 4.69) is 70.5 Å². The van der Waals surface area contributed by atoms with E-state index in [9.17, 15) is 0 Å². The molecule has 2 aromatic carbocycles. The van der Waals surface area contributed by atoms with Crippen LogP contribution in [-0.2, 0) is 17.8 Å². The molecule has 3 heteroatoms. The van der Waals surface area contributed by atoms with E-state index in [1.54, 1.807) is 0 Å². The molecular weight excluding hydrogens is 308 g/mol. The van der Waals surface area contributed by atoms with Crippen molar-refractivity contribution in [1.82, 2.24) is 9.80 Å². The first-order valence-corrected chi connectivity index (χ1v) is 9.52. The molecule has 2 aliphatic heterocycles. The highest BCUT2D eigenvalue weighted by molar-refractivity contribution is 5.17. The number of benzene rings is 2. The number of ether oxygens (including phenoxy) is 1. The Bertz CT molecular complexity index is 600. The van der Waals surface area contributed by atoms with E-state index in [-0.39, 0.29) is 0 Å². The summed E-state index contributed by atoms with van der Waals surface area (Å²) in [5.74, 6) is 0. The molecule has 0 N–H and O–H groups in total. The van der Waals surface area contributed by atoms with Gasteiger partial charge in [0.05, 0.1) is 19.3 Å². The smallest absolute Gasteiger partial charge is 0.0645 e. The average Bonchev–Trinajstić information content (AvgIpc) is 2.62. The van der Waals surface area contributed by atoms with Crippen LogP contribution in [0.2, 0.25) is 0 Å². The summed E-state index contributed by atoms with van der Waals surface area (Å²) in [7, 11) is 0. The van der Waals surface area contributed by atoms with Gasteiger partial charge in [-0.05, 0) is 30.5 Å². The second-order valence-electron chi connectivity index (χ2n) is 7.36. The molecule has 1 atom stereocenters. The first-order chi connectivity index (χ1) is 12.4. The van der Waals surface area contributed by atoms with E-state index < -0.39 is 0 Å². The third-order valence-electron chi connectivity index (χ3n) is 5.54. The van der Waals surface area contributed by atoms with Gasteiger partial charge in [0, 0.05) is 25.7 Å². The summed E-state index contributed by atoms with van der Waals surface area (Å²) >= 11 is 0. The van der Waals surface area contributed by atoms with Crippen LogP contribution >= 0.6 is 0 Å². The zero-order chi connectivity index (χ0) is 16.9. The molecule has 0 bridgehead atoms. The molecule has 2 fully saturated rings. The quantitative estimate of drug-likeness (QED) is 0.802. The van der Waals surface area contributed by atoms with Gasteiger partial charge in [-0.2, -0.15) is 0 Å². The Kier molecular flexibility index (Phi) is 5.46. The topological polar surface area (TPSA) is 15.7 Å². The van der Waals surface area contributed by atoms with E-state index in [1.807, 2.05) is 0 Å². The monoisotopic (exact) mass is 336 g/mol. The lowest BCUT2D eigenvalue weighted by Crippen LogP contribution is -2.56. The van der Waals surface area contributed by atoms with Crippen molar-refractivity contribution in [3.8, 4) is 0 Å². The lowest BCUT2D eigenvalue weighted by atomic mass is 10.00. The number of likely N-dealkylation sites (tertiary alicyclic amines) is 1. The minimum Gasteiger partial charge on any atom is -0.378 e. The first-order valence-electron chi connectivity index (χ1n) is 9.52. The molecule has 0 spiro atoms. The van der Waals surface area contributed by atoms with Crippen LogP contribution in [0.4, 0.5) is 0 Å². The summed E-state index contributed by atoms with van der Waals surface area (Å²) in [6, 6.07) is 23.1. The van der Waals surface area contributed by atoms with Gasteiger partial charge in [0.1, 0.15) is 0 Å². The van der Waals surface area contributed by atoms with Gasteiger partial charge in [-0.3, -0.25) is 9.80 Å². The van der Waals surface area contributed by atoms with E-state index >= 15 is 0 Å². The molecule has 1 unspecified atom stereocenters. The fourth-order valence-corrected chi connectivity index (χ4v) is 4.00. The van der Waals surface area contributed by atoms with Crippen molar-refractivity contribution in [3.63, 3.8) is 0 Å². The number of nitrogens with zero attached hydrogens (tertiary/aromatic N) is 2. The van der Waals surface area contributed by atoms with Gasteiger partial charge < -0.3 is 4.74 Å². The van der Waals surface area contributed by atoms with Crippen LogP contribution < -0.4 is 0 Å². The Labute approximate surface area is 151 Å². The van der Waals surface area contributed by atoms with Gasteiger partial charge in [0.25, 0.3) is 0 Å². The molecule has 0 radical (unpaired) electrons. The molecule has 0 saturated carbocycles. The molecule has 132 valence electrons. The third-order valence-corrected chi connectivity index (χ3v) is 5.54. The highest BCUT2D eigenvalue weighted by Crippen LogP contribution is 2.24. The Morgan fingerprint density at radius 3 is 2.00 bits per heavy atom. The van der Waals surface area contributed by atoms with E-state index in [0.717, 1.165) is 26.3 Å². The minimum atomic E-state index is 0.620. The summed E-state index contributed by atoms with van der Waals surface area (Å²) in [5, 5.41) is 0. The Balaban J connectivity index is 1.49. The predicted molar refractivity (Wildman–Crippen MR) is 101 cm³/mol. The average molecular weight is 336 g/mol. The number of hydrogen-bond acceptors (Lipinski definition) is 3. The minimum absolute atomic E-state index is 0.620. The summed E-state index contributed by atoms with van der Waals surface area (Å²) in [6.07, 6.45) is 2.59. The van der Waals surface area contributed by atoms with Crippen molar-refractivity contribution in [2.45, 2.75) is 38.0 Å². The van der Waals surface area contributed by atoms with Crippen molar-refractivity contribution in [2.24, 2.45) is 0 Å². The molecule has 4 rings (SSSR count). The maximum Gasteiger partial charge on any atom is 0.0645 e. The summed E-state index contributed by atoms with van der Waals surface area (Å²) in [4.78, 5) is 5.33. The second-order valence-corrected chi connectivity index (χ2v) is 7.36. The van der Waals surface area contributed by atoms with Crippen LogP contribution in [-0.4, -0.2) is 48.2 Å². The molecule has 0 aromatic heterocycles. The lowest BCUT2D eigenvalue weighted by Gasteiger charge is -2.45. The SMILES string of the molecule is c1ccc(CN(Cc2ccccc2)C2CCCN(C3COC3)C2)cc1. The van der Waals surface area contributed by atoms with Crippen LogP contribution in [0.15, 0.2) is 60.7 Å². The highest BCUT2D eigenvalue weighted by atomic mass is 16.5. The zero-order valence-corrected chi connectivity index (χ0v) is 14.9. The highest BCUT2D eigenvalue weighted by Gasteiger charge is 2.32. The molecule has 3 nitrogen and oxygen atoms in total. The first kappa shape index (κ1) is 16.8. The fraction of sp³-hybridized carbons (Fsp3) is 0.455. The zero-order valence-electron chi connectivity index (χ0n) is 14.9. The van der Waals surface area contributed by atoms with Gasteiger partial charge in [-0.1, -0.05) is 60.7 Å². The molecule has 2 saturated heterocycles. The standard InChI is InChI=1S/C22H28N2O/c1-3-8-19(9-4-1)14-24(15-20-10-5-2-6-11-20)21-12-7-13-23(16-21)22-17-25-18-22/h1-6,8-11,21-22H,7,12-18H2. The molecule has 0 amide bonds. The maximum absolute atomic E-state index is 5.42. The normalized spacial score (nSPS) is 22.0. The summed E-state index contributed by atoms with van der Waals surface area (Å²) < 4.78 is 5.42. The van der Waals surface area contributed by atoms with Gasteiger partial charge in [-0.25, -0.2) is 0 Å². The maximum atomic E-state index is 5.42. The number of piperidine rings is 1. The summed E-state index contributed by atoms with van der Waals surface area (Å²) in [6.45, 7) is 6.29. The Morgan fingerprint density at radius 1 is 0.880 bits per heavy atom. The molecule has 2 aromatic rings. The van der Waals surface area contributed by atoms with Crippen LogP contribution in [0.25, 0.3) is 0 Å². The third kappa shape index (κ3) is 4.30. The van der Waals surface area contributed by atoms with Crippen LogP contribution in [0.5, 0.6) is 0 Å². The van der Waals surface area contributed by atoms with Crippen molar-refractivity contribution in [1.29, 1.82) is 0 Å². The Morgan fingerprint density at radius 2 is 1.48 bits per heavy atom. The molecule has 2 aliphatic rings. The van der Waals surface area contributed by atoms with Crippen molar-refractivity contribution in [3.05, 3.63) is 71.8 Å². The van der Waals surface area contributed by atoms with E-state index in [1.165, 1.54) is 37.1 Å². The van der Waals surface area contributed by atoms with Crippen LogP contribution in [0, 0.1) is 0 Å². The van der Waals surface area contributed by atoms with Crippen LogP contribution in [0.3, 0.4) is 0 Å². The summed E-state index contributed by atoms with van der Waals surface area (Å²) in [5.41, 5.74) is 2.81. The molecular formula is C22H28N2O. The van der Waals surface area contributed by atoms with Gasteiger partial charge >= 0.3 is 0 Å². The van der Waals surface area contributed by atoms with Gasteiger partial charge in [0.15, 0.2) is 0 Å². The molecule has 0 aliphatic carbocycles. The fourth-order valence-electron chi connectivity index (χ4n) is 4.00. The van der Waals surface area contributed by atoms with Gasteiger partial charge in [0.2, 0.25) is 0 Å². The van der Waals surface area contributed by atoms with Crippen molar-refractivity contribution in [2.75, 3.05) is 26.3 Å².